The summed E-state index contributed by atoms with van der Waals surface area (Å²) >= 11 is 5.94. The zero-order valence-corrected chi connectivity index (χ0v) is 11.9. The molecule has 0 spiro atoms. The van der Waals surface area contributed by atoms with E-state index in [2.05, 4.69) is 23.7 Å². The number of ether oxygens (including phenoxy) is 1. The third kappa shape index (κ3) is 2.55. The van der Waals surface area contributed by atoms with Gasteiger partial charge in [0, 0.05) is 6.54 Å². The van der Waals surface area contributed by atoms with Crippen LogP contribution in [0, 0.1) is 0 Å². The van der Waals surface area contributed by atoms with Gasteiger partial charge in [0.1, 0.15) is 5.52 Å². The average molecular weight is 281 g/mol. The smallest absolute Gasteiger partial charge is 0.298 e. The number of morpholine rings is 1. The number of benzene rings is 1. The fraction of sp³-hybridized carbons (Fsp3) is 0.500. The Bertz CT molecular complexity index is 549. The molecule has 1 saturated heterocycles. The molecular formula is C14H17ClN2O2. The number of alkyl halides is 1. The highest BCUT2D eigenvalue weighted by Crippen LogP contribution is 2.28. The van der Waals surface area contributed by atoms with Crippen LogP contribution < -0.4 is 4.90 Å². The summed E-state index contributed by atoms with van der Waals surface area (Å²) in [4.78, 5) is 6.64. The van der Waals surface area contributed by atoms with E-state index in [1.165, 1.54) is 0 Å². The van der Waals surface area contributed by atoms with Gasteiger partial charge in [0.25, 0.3) is 6.01 Å². The quantitative estimate of drug-likeness (QED) is 0.793. The van der Waals surface area contributed by atoms with Crippen LogP contribution in [0.2, 0.25) is 0 Å². The fourth-order valence-electron chi connectivity index (χ4n) is 2.52. The van der Waals surface area contributed by atoms with E-state index in [9.17, 15) is 0 Å². The highest BCUT2D eigenvalue weighted by Gasteiger charge is 2.34. The molecule has 4 nitrogen and oxygen atoms in total. The fourth-order valence-corrected chi connectivity index (χ4v) is 2.68. The summed E-state index contributed by atoms with van der Waals surface area (Å²) in [5.41, 5.74) is 1.44. The van der Waals surface area contributed by atoms with Crippen LogP contribution in [0.1, 0.15) is 13.8 Å². The summed E-state index contributed by atoms with van der Waals surface area (Å²) in [6.45, 7) is 5.57. The van der Waals surface area contributed by atoms with Gasteiger partial charge in [-0.25, -0.2) is 0 Å². The van der Waals surface area contributed by atoms with Gasteiger partial charge in [-0.3, -0.25) is 0 Å². The molecule has 2 heterocycles. The van der Waals surface area contributed by atoms with Crippen molar-refractivity contribution in [3.63, 3.8) is 0 Å². The summed E-state index contributed by atoms with van der Waals surface area (Å²) in [5.74, 6) is 0.472. The van der Waals surface area contributed by atoms with E-state index < -0.39 is 0 Å². The summed E-state index contributed by atoms with van der Waals surface area (Å²) in [6.07, 6.45) is 0.000397. The number of fused-ring (bicyclic) bond motifs is 1. The van der Waals surface area contributed by atoms with Crippen molar-refractivity contribution in [2.45, 2.75) is 25.6 Å². The molecule has 1 aromatic heterocycles. The molecule has 3 rings (SSSR count). The summed E-state index contributed by atoms with van der Waals surface area (Å²) in [5, 5.41) is 0. The standard InChI is InChI=1S/C14H17ClN2O2/c1-14(2)9-17(8-10(7-15)19-14)13-16-11-5-3-4-6-12(11)18-13/h3-6,10H,7-9H2,1-2H3. The SMILES string of the molecule is CC1(C)CN(c2nc3ccccc3o2)CC(CCl)O1. The summed E-state index contributed by atoms with van der Waals surface area (Å²) < 4.78 is 11.7. The van der Waals surface area contributed by atoms with Crippen molar-refractivity contribution < 1.29 is 9.15 Å². The number of anilines is 1. The number of hydrogen-bond acceptors (Lipinski definition) is 4. The van der Waals surface area contributed by atoms with Crippen LogP contribution in [0.25, 0.3) is 11.1 Å². The van der Waals surface area contributed by atoms with Crippen LogP contribution in [0.4, 0.5) is 6.01 Å². The van der Waals surface area contributed by atoms with Crippen LogP contribution in [-0.2, 0) is 4.74 Å². The van der Waals surface area contributed by atoms with Gasteiger partial charge in [-0.05, 0) is 26.0 Å². The topological polar surface area (TPSA) is 38.5 Å². The van der Waals surface area contributed by atoms with Crippen molar-refractivity contribution in [3.8, 4) is 0 Å². The van der Waals surface area contributed by atoms with E-state index >= 15 is 0 Å². The second-order valence-corrected chi connectivity index (χ2v) is 5.81. The Kier molecular flexibility index (Phi) is 3.15. The molecule has 0 bridgehead atoms. The van der Waals surface area contributed by atoms with E-state index in [0.29, 0.717) is 18.4 Å². The third-order valence-electron chi connectivity index (χ3n) is 3.21. The molecule has 0 amide bonds. The molecule has 1 aliphatic rings. The molecule has 5 heteroatoms. The molecule has 1 aliphatic heterocycles. The average Bonchev–Trinajstić information content (AvgIpc) is 2.80. The molecule has 2 aromatic rings. The lowest BCUT2D eigenvalue weighted by molar-refractivity contribution is -0.0745. The van der Waals surface area contributed by atoms with Gasteiger partial charge in [-0.2, -0.15) is 4.98 Å². The van der Waals surface area contributed by atoms with Crippen molar-refractivity contribution in [1.82, 2.24) is 4.98 Å². The zero-order chi connectivity index (χ0) is 13.5. The normalized spacial score (nSPS) is 22.9. The maximum Gasteiger partial charge on any atom is 0.298 e. The van der Waals surface area contributed by atoms with E-state index in [1.54, 1.807) is 0 Å². The molecule has 0 radical (unpaired) electrons. The number of rotatable bonds is 2. The van der Waals surface area contributed by atoms with E-state index in [4.69, 9.17) is 20.8 Å². The first-order valence-electron chi connectivity index (χ1n) is 6.42. The van der Waals surface area contributed by atoms with E-state index in [-0.39, 0.29) is 11.7 Å². The first kappa shape index (κ1) is 12.8. The first-order valence-corrected chi connectivity index (χ1v) is 6.95. The molecule has 1 atom stereocenters. The van der Waals surface area contributed by atoms with Gasteiger partial charge in [0.2, 0.25) is 0 Å². The second-order valence-electron chi connectivity index (χ2n) is 5.50. The summed E-state index contributed by atoms with van der Waals surface area (Å²) in [7, 11) is 0. The minimum absolute atomic E-state index is 0.000397. The third-order valence-corrected chi connectivity index (χ3v) is 3.55. The molecule has 1 aromatic carbocycles. The molecule has 19 heavy (non-hydrogen) atoms. The predicted octanol–water partition coefficient (Wildman–Crippen LogP) is 3.05. The Labute approximate surface area is 117 Å². The Balaban J connectivity index is 1.91. The molecule has 0 N–H and O–H groups in total. The number of para-hydroxylation sites is 2. The largest absolute Gasteiger partial charge is 0.423 e. The van der Waals surface area contributed by atoms with Gasteiger partial charge in [-0.15, -0.1) is 11.6 Å². The first-order chi connectivity index (χ1) is 9.07. The lowest BCUT2D eigenvalue weighted by atomic mass is 10.1. The second kappa shape index (κ2) is 4.69. The van der Waals surface area contributed by atoms with E-state index in [1.807, 2.05) is 24.3 Å². The van der Waals surface area contributed by atoms with Crippen LogP contribution in [0.5, 0.6) is 0 Å². The molecule has 102 valence electrons. The van der Waals surface area contributed by atoms with Crippen LogP contribution in [-0.4, -0.2) is 35.7 Å². The van der Waals surface area contributed by atoms with Crippen molar-refractivity contribution in [2.24, 2.45) is 0 Å². The minimum Gasteiger partial charge on any atom is -0.423 e. The maximum absolute atomic E-state index is 5.94. The Hall–Kier alpha value is -1.26. The number of nitrogens with zero attached hydrogens (tertiary/aromatic N) is 2. The monoisotopic (exact) mass is 280 g/mol. The van der Waals surface area contributed by atoms with Crippen LogP contribution in [0.3, 0.4) is 0 Å². The highest BCUT2D eigenvalue weighted by atomic mass is 35.5. The van der Waals surface area contributed by atoms with Crippen molar-refractivity contribution >= 4 is 28.7 Å². The maximum atomic E-state index is 5.94. The molecular weight excluding hydrogens is 264 g/mol. The number of halogens is 1. The minimum atomic E-state index is -0.252. The van der Waals surface area contributed by atoms with Crippen molar-refractivity contribution in [3.05, 3.63) is 24.3 Å². The van der Waals surface area contributed by atoms with Gasteiger partial charge in [0.15, 0.2) is 5.58 Å². The van der Waals surface area contributed by atoms with Gasteiger partial charge in [-0.1, -0.05) is 12.1 Å². The van der Waals surface area contributed by atoms with Crippen LogP contribution in [0.15, 0.2) is 28.7 Å². The van der Waals surface area contributed by atoms with Gasteiger partial charge >= 0.3 is 0 Å². The highest BCUT2D eigenvalue weighted by molar-refractivity contribution is 6.18. The number of aromatic nitrogens is 1. The lowest BCUT2D eigenvalue weighted by Gasteiger charge is -2.41. The van der Waals surface area contributed by atoms with Gasteiger partial charge < -0.3 is 14.1 Å². The van der Waals surface area contributed by atoms with Crippen LogP contribution >= 0.6 is 11.6 Å². The molecule has 0 saturated carbocycles. The molecule has 1 unspecified atom stereocenters. The molecule has 0 aliphatic carbocycles. The molecule has 1 fully saturated rings. The lowest BCUT2D eigenvalue weighted by Crippen LogP contribution is -2.53. The van der Waals surface area contributed by atoms with Gasteiger partial charge in [0.05, 0.1) is 24.1 Å². The van der Waals surface area contributed by atoms with Crippen molar-refractivity contribution in [1.29, 1.82) is 0 Å². The Morgan fingerprint density at radius 3 is 2.95 bits per heavy atom. The Morgan fingerprint density at radius 1 is 1.42 bits per heavy atom. The number of oxazole rings is 1. The van der Waals surface area contributed by atoms with E-state index in [0.717, 1.165) is 17.6 Å². The Morgan fingerprint density at radius 2 is 2.21 bits per heavy atom. The predicted molar refractivity (Wildman–Crippen MR) is 75.9 cm³/mol. The summed E-state index contributed by atoms with van der Waals surface area (Å²) in [6, 6.07) is 8.43. The van der Waals surface area contributed by atoms with Crippen molar-refractivity contribution in [2.75, 3.05) is 23.9 Å². The number of hydrogen-bond donors (Lipinski definition) is 0. The zero-order valence-electron chi connectivity index (χ0n) is 11.1.